The highest BCUT2D eigenvalue weighted by atomic mass is 32.2. The van der Waals surface area contributed by atoms with Gasteiger partial charge < -0.3 is 5.11 Å². The van der Waals surface area contributed by atoms with Gasteiger partial charge in [0.25, 0.3) is 10.0 Å². The third-order valence-electron chi connectivity index (χ3n) is 4.88. The van der Waals surface area contributed by atoms with Gasteiger partial charge in [-0.05, 0) is 67.1 Å². The quantitative estimate of drug-likeness (QED) is 0.909. The van der Waals surface area contributed by atoms with Crippen molar-refractivity contribution in [3.63, 3.8) is 0 Å². The van der Waals surface area contributed by atoms with Crippen LogP contribution in [0.4, 0.5) is 10.1 Å². The number of fused-ring (bicyclic) bond motifs is 2. The maximum absolute atomic E-state index is 13.5. The summed E-state index contributed by atoms with van der Waals surface area (Å²) in [5, 5.41) is 10.1. The van der Waals surface area contributed by atoms with Crippen molar-refractivity contribution in [1.29, 1.82) is 0 Å². The van der Waals surface area contributed by atoms with Crippen LogP contribution in [0, 0.1) is 5.82 Å². The minimum absolute atomic E-state index is 0.180. The summed E-state index contributed by atoms with van der Waals surface area (Å²) < 4.78 is 41.0. The summed E-state index contributed by atoms with van der Waals surface area (Å²) in [6.45, 7) is 0.180. The Balaban J connectivity index is 1.80. The van der Waals surface area contributed by atoms with Gasteiger partial charge in [-0.2, -0.15) is 0 Å². The molecule has 2 aromatic carbocycles. The number of anilines is 1. The lowest BCUT2D eigenvalue weighted by molar-refractivity contribution is 0.166. The minimum Gasteiger partial charge on any atom is -0.388 e. The van der Waals surface area contributed by atoms with Crippen molar-refractivity contribution in [2.24, 2.45) is 0 Å². The van der Waals surface area contributed by atoms with Crippen molar-refractivity contribution in [2.45, 2.75) is 36.7 Å². The van der Waals surface area contributed by atoms with E-state index >= 15 is 0 Å². The van der Waals surface area contributed by atoms with Crippen LogP contribution in [0.25, 0.3) is 0 Å². The molecule has 0 radical (unpaired) electrons. The van der Waals surface area contributed by atoms with Gasteiger partial charge in [0.05, 0.1) is 16.7 Å². The second-order valence-electron chi connectivity index (χ2n) is 6.37. The molecule has 4 rings (SSSR count). The lowest BCUT2D eigenvalue weighted by Crippen LogP contribution is -2.36. The molecule has 0 bridgehead atoms. The zero-order valence-electron chi connectivity index (χ0n) is 13.1. The van der Waals surface area contributed by atoms with Crippen LogP contribution in [-0.4, -0.2) is 20.1 Å². The van der Waals surface area contributed by atoms with E-state index in [0.717, 1.165) is 24.8 Å². The van der Waals surface area contributed by atoms with Crippen LogP contribution in [-0.2, 0) is 22.9 Å². The Kier molecular flexibility index (Phi) is 3.62. The van der Waals surface area contributed by atoms with E-state index in [-0.39, 0.29) is 17.9 Å². The van der Waals surface area contributed by atoms with Crippen LogP contribution in [0.2, 0.25) is 0 Å². The first kappa shape index (κ1) is 15.6. The molecule has 1 heterocycles. The van der Waals surface area contributed by atoms with E-state index in [2.05, 4.69) is 0 Å². The molecular formula is C18H18FNO3S. The average Bonchev–Trinajstić information content (AvgIpc) is 3.03. The number of hydrogen-bond acceptors (Lipinski definition) is 3. The molecule has 0 spiro atoms. The second kappa shape index (κ2) is 5.57. The van der Waals surface area contributed by atoms with Gasteiger partial charge in [-0.1, -0.05) is 6.07 Å². The molecule has 2 aliphatic rings. The monoisotopic (exact) mass is 347 g/mol. The van der Waals surface area contributed by atoms with Crippen LogP contribution < -0.4 is 4.31 Å². The maximum atomic E-state index is 13.5. The number of aliphatic hydroxyl groups excluding tert-OH is 1. The molecule has 0 aromatic heterocycles. The van der Waals surface area contributed by atoms with Crippen molar-refractivity contribution < 1.29 is 17.9 Å². The van der Waals surface area contributed by atoms with Crippen LogP contribution in [0.5, 0.6) is 0 Å². The Morgan fingerprint density at radius 2 is 1.88 bits per heavy atom. The summed E-state index contributed by atoms with van der Waals surface area (Å²) in [6, 6.07) is 9.16. The van der Waals surface area contributed by atoms with Crippen molar-refractivity contribution in [1.82, 2.24) is 0 Å². The van der Waals surface area contributed by atoms with Crippen LogP contribution >= 0.6 is 0 Å². The molecule has 1 N–H and O–H groups in total. The first-order valence-electron chi connectivity index (χ1n) is 8.09. The van der Waals surface area contributed by atoms with Crippen molar-refractivity contribution in [3.8, 4) is 0 Å². The highest BCUT2D eigenvalue weighted by molar-refractivity contribution is 7.92. The summed E-state index contributed by atoms with van der Waals surface area (Å²) in [4.78, 5) is 0.259. The molecule has 4 nitrogen and oxygen atoms in total. The number of benzene rings is 2. The van der Waals surface area contributed by atoms with Gasteiger partial charge in [-0.15, -0.1) is 0 Å². The Morgan fingerprint density at radius 3 is 2.71 bits per heavy atom. The maximum Gasteiger partial charge on any atom is 0.264 e. The summed E-state index contributed by atoms with van der Waals surface area (Å²) in [5.41, 5.74) is 2.99. The standard InChI is InChI=1S/C18H18FNO3S/c19-14-5-7-17-16(11-14)18(21)8-9-20(17)24(22,23)15-6-4-12-2-1-3-13(12)10-15/h4-7,10-11,18,21H,1-3,8-9H2. The number of rotatable bonds is 2. The van der Waals surface area contributed by atoms with Crippen LogP contribution in [0.15, 0.2) is 41.3 Å². The van der Waals surface area contributed by atoms with Gasteiger partial charge >= 0.3 is 0 Å². The average molecular weight is 347 g/mol. The van der Waals surface area contributed by atoms with Gasteiger partial charge in [0, 0.05) is 12.1 Å². The Morgan fingerprint density at radius 1 is 1.08 bits per heavy atom. The Labute approximate surface area is 140 Å². The molecule has 24 heavy (non-hydrogen) atoms. The van der Waals surface area contributed by atoms with E-state index < -0.39 is 21.9 Å². The van der Waals surface area contributed by atoms with Crippen LogP contribution in [0.3, 0.4) is 0 Å². The normalized spacial score (nSPS) is 19.9. The Hall–Kier alpha value is -1.92. The number of aliphatic hydroxyl groups is 1. The second-order valence-corrected chi connectivity index (χ2v) is 8.23. The molecule has 126 valence electrons. The summed E-state index contributed by atoms with van der Waals surface area (Å²) in [5.74, 6) is -0.482. The van der Waals surface area contributed by atoms with Crippen LogP contribution in [0.1, 0.15) is 35.6 Å². The van der Waals surface area contributed by atoms with E-state index in [1.165, 1.54) is 28.1 Å². The third-order valence-corrected chi connectivity index (χ3v) is 6.69. The molecule has 1 aliphatic heterocycles. The van der Waals surface area contributed by atoms with Crippen molar-refractivity contribution in [2.75, 3.05) is 10.8 Å². The summed E-state index contributed by atoms with van der Waals surface area (Å²) in [7, 11) is -3.73. The molecular weight excluding hydrogens is 329 g/mol. The first-order valence-corrected chi connectivity index (χ1v) is 9.53. The van der Waals surface area contributed by atoms with Gasteiger partial charge in [0.1, 0.15) is 5.82 Å². The van der Waals surface area contributed by atoms with Crippen molar-refractivity contribution >= 4 is 15.7 Å². The predicted octanol–water partition coefficient (Wildman–Crippen LogP) is 2.95. The lowest BCUT2D eigenvalue weighted by Gasteiger charge is -2.33. The predicted molar refractivity (Wildman–Crippen MR) is 89.0 cm³/mol. The molecule has 1 aliphatic carbocycles. The van der Waals surface area contributed by atoms with E-state index in [9.17, 15) is 17.9 Å². The first-order chi connectivity index (χ1) is 11.5. The molecule has 0 fully saturated rings. The number of aryl methyl sites for hydroxylation is 2. The fourth-order valence-corrected chi connectivity index (χ4v) is 5.18. The smallest absolute Gasteiger partial charge is 0.264 e. The van der Waals surface area contributed by atoms with E-state index in [1.807, 2.05) is 6.07 Å². The number of hydrogen-bond donors (Lipinski definition) is 1. The molecule has 2 aromatic rings. The molecule has 1 atom stereocenters. The van der Waals surface area contributed by atoms with Crippen molar-refractivity contribution in [3.05, 3.63) is 58.9 Å². The zero-order valence-corrected chi connectivity index (χ0v) is 13.9. The fourth-order valence-electron chi connectivity index (χ4n) is 3.62. The molecule has 0 saturated carbocycles. The van der Waals surface area contributed by atoms with Gasteiger partial charge in [-0.3, -0.25) is 4.31 Å². The van der Waals surface area contributed by atoms with E-state index in [1.54, 1.807) is 12.1 Å². The zero-order chi connectivity index (χ0) is 16.9. The lowest BCUT2D eigenvalue weighted by atomic mass is 10.0. The van der Waals surface area contributed by atoms with Gasteiger partial charge in [-0.25, -0.2) is 12.8 Å². The Bertz CT molecular complexity index is 910. The largest absolute Gasteiger partial charge is 0.388 e. The molecule has 1 unspecified atom stereocenters. The summed E-state index contributed by atoms with van der Waals surface area (Å²) in [6.07, 6.45) is 2.35. The van der Waals surface area contributed by atoms with Gasteiger partial charge in [0.2, 0.25) is 0 Å². The highest BCUT2D eigenvalue weighted by Gasteiger charge is 2.33. The highest BCUT2D eigenvalue weighted by Crippen LogP contribution is 2.38. The van der Waals surface area contributed by atoms with E-state index in [4.69, 9.17) is 0 Å². The third kappa shape index (κ3) is 2.41. The SMILES string of the molecule is O=S(=O)(c1ccc2c(c1)CCC2)N1CCC(O)c2cc(F)ccc21. The van der Waals surface area contributed by atoms with E-state index in [0.29, 0.717) is 11.3 Å². The minimum atomic E-state index is -3.73. The van der Waals surface area contributed by atoms with Gasteiger partial charge in [0.15, 0.2) is 0 Å². The summed E-state index contributed by atoms with van der Waals surface area (Å²) >= 11 is 0. The number of sulfonamides is 1. The molecule has 0 amide bonds. The topological polar surface area (TPSA) is 57.6 Å². The fraction of sp³-hybridized carbons (Fsp3) is 0.333. The molecule has 0 saturated heterocycles. The molecule has 6 heteroatoms. The number of halogens is 1. The number of nitrogens with zero attached hydrogens (tertiary/aromatic N) is 1.